The van der Waals surface area contributed by atoms with Gasteiger partial charge in [0.15, 0.2) is 11.5 Å². The fourth-order valence-electron chi connectivity index (χ4n) is 3.04. The van der Waals surface area contributed by atoms with Gasteiger partial charge in [0, 0.05) is 45.3 Å². The number of rotatable bonds is 8. The average molecular weight is 475 g/mol. The van der Waals surface area contributed by atoms with Gasteiger partial charge >= 0.3 is 0 Å². The zero-order chi connectivity index (χ0) is 19.2. The first-order valence-electron chi connectivity index (χ1n) is 8.83. The Balaban J connectivity index is 1.76. The smallest absolute Gasteiger partial charge is 0.167 e. The predicted molar refractivity (Wildman–Crippen MR) is 112 cm³/mol. The molecular formula is C20H22BrCl2NO3. The average Bonchev–Trinajstić information content (AvgIpc) is 3.17. The van der Waals surface area contributed by atoms with E-state index in [2.05, 4.69) is 21.2 Å². The Morgan fingerprint density at radius 2 is 1.96 bits per heavy atom. The molecule has 3 rings (SSSR count). The highest BCUT2D eigenvalue weighted by molar-refractivity contribution is 9.10. The van der Waals surface area contributed by atoms with Gasteiger partial charge < -0.3 is 19.5 Å². The van der Waals surface area contributed by atoms with Crippen molar-refractivity contribution in [1.82, 2.24) is 5.32 Å². The van der Waals surface area contributed by atoms with Crippen molar-refractivity contribution in [3.8, 4) is 11.5 Å². The zero-order valence-electron chi connectivity index (χ0n) is 15.1. The van der Waals surface area contributed by atoms with E-state index in [4.69, 9.17) is 37.4 Å². The van der Waals surface area contributed by atoms with Crippen LogP contribution in [0.1, 0.15) is 24.0 Å². The Hall–Kier alpha value is -0.980. The maximum atomic E-state index is 6.27. The van der Waals surface area contributed by atoms with Gasteiger partial charge in [-0.25, -0.2) is 0 Å². The third kappa shape index (κ3) is 5.30. The summed E-state index contributed by atoms with van der Waals surface area (Å²) >= 11 is 16.2. The summed E-state index contributed by atoms with van der Waals surface area (Å²) in [7, 11) is 1.63. The number of methoxy groups -OCH3 is 1. The molecule has 1 atom stereocenters. The molecule has 2 aromatic rings. The second-order valence-electron chi connectivity index (χ2n) is 6.31. The SMILES string of the molecule is COc1ccc(Br)c(CNCC2CCCO2)c1OCc1c(Cl)cccc1Cl. The first kappa shape index (κ1) is 20.7. The maximum absolute atomic E-state index is 6.27. The van der Waals surface area contributed by atoms with Crippen LogP contribution in [0.5, 0.6) is 11.5 Å². The van der Waals surface area contributed by atoms with Gasteiger partial charge in [-0.15, -0.1) is 0 Å². The number of hydrogen-bond acceptors (Lipinski definition) is 4. The molecule has 0 aliphatic carbocycles. The van der Waals surface area contributed by atoms with Gasteiger partial charge in [0.2, 0.25) is 0 Å². The number of benzene rings is 2. The predicted octanol–water partition coefficient (Wildman–Crippen LogP) is 5.61. The Morgan fingerprint density at radius 3 is 2.63 bits per heavy atom. The van der Waals surface area contributed by atoms with E-state index in [0.29, 0.717) is 28.1 Å². The molecule has 1 aliphatic heterocycles. The minimum absolute atomic E-state index is 0.254. The molecule has 7 heteroatoms. The van der Waals surface area contributed by atoms with Crippen LogP contribution in [0, 0.1) is 0 Å². The molecule has 1 heterocycles. The normalized spacial score (nSPS) is 16.5. The van der Waals surface area contributed by atoms with Crippen molar-refractivity contribution >= 4 is 39.1 Å². The van der Waals surface area contributed by atoms with E-state index in [0.717, 1.165) is 41.6 Å². The van der Waals surface area contributed by atoms with Crippen molar-refractivity contribution in [3.05, 3.63) is 56.0 Å². The molecule has 0 saturated carbocycles. The van der Waals surface area contributed by atoms with E-state index in [-0.39, 0.29) is 12.7 Å². The van der Waals surface area contributed by atoms with Crippen LogP contribution in [0.25, 0.3) is 0 Å². The highest BCUT2D eigenvalue weighted by atomic mass is 79.9. The number of hydrogen-bond donors (Lipinski definition) is 1. The van der Waals surface area contributed by atoms with Crippen molar-refractivity contribution in [2.45, 2.75) is 32.1 Å². The molecule has 0 amide bonds. The topological polar surface area (TPSA) is 39.7 Å². The minimum Gasteiger partial charge on any atom is -0.493 e. The molecule has 1 saturated heterocycles. The second-order valence-corrected chi connectivity index (χ2v) is 7.98. The molecular weight excluding hydrogens is 453 g/mol. The van der Waals surface area contributed by atoms with E-state index >= 15 is 0 Å². The molecule has 0 spiro atoms. The number of halogens is 3. The lowest BCUT2D eigenvalue weighted by molar-refractivity contribution is 0.110. The van der Waals surface area contributed by atoms with Gasteiger partial charge in [-0.1, -0.05) is 45.2 Å². The highest BCUT2D eigenvalue weighted by Crippen LogP contribution is 2.37. The summed E-state index contributed by atoms with van der Waals surface area (Å²) in [5.41, 5.74) is 1.73. The lowest BCUT2D eigenvalue weighted by Crippen LogP contribution is -2.26. The maximum Gasteiger partial charge on any atom is 0.167 e. The molecule has 4 nitrogen and oxygen atoms in total. The third-order valence-corrected chi connectivity index (χ3v) is 5.96. The summed E-state index contributed by atoms with van der Waals surface area (Å²) in [6.45, 7) is 2.54. The third-order valence-electron chi connectivity index (χ3n) is 4.51. The Bertz CT molecular complexity index is 762. The van der Waals surface area contributed by atoms with E-state index in [1.54, 1.807) is 19.2 Å². The zero-order valence-corrected chi connectivity index (χ0v) is 18.2. The Kier molecular flexibility index (Phi) is 7.67. The molecule has 1 fully saturated rings. The van der Waals surface area contributed by atoms with Crippen LogP contribution in [0.15, 0.2) is 34.8 Å². The molecule has 1 N–H and O–H groups in total. The largest absolute Gasteiger partial charge is 0.493 e. The summed E-state index contributed by atoms with van der Waals surface area (Å²) in [5.74, 6) is 1.33. The summed E-state index contributed by atoms with van der Waals surface area (Å²) < 4.78 is 18.2. The molecule has 27 heavy (non-hydrogen) atoms. The van der Waals surface area contributed by atoms with E-state index in [1.807, 2.05) is 18.2 Å². The van der Waals surface area contributed by atoms with Crippen LogP contribution in [0.2, 0.25) is 10.0 Å². The van der Waals surface area contributed by atoms with Crippen molar-refractivity contribution in [3.63, 3.8) is 0 Å². The summed E-state index contributed by atoms with van der Waals surface area (Å²) in [4.78, 5) is 0. The summed E-state index contributed by atoms with van der Waals surface area (Å²) in [6, 6.07) is 9.24. The lowest BCUT2D eigenvalue weighted by atomic mass is 10.1. The fraction of sp³-hybridized carbons (Fsp3) is 0.400. The van der Waals surface area contributed by atoms with Gasteiger partial charge in [-0.2, -0.15) is 0 Å². The van der Waals surface area contributed by atoms with E-state index in [1.165, 1.54) is 0 Å². The molecule has 0 radical (unpaired) electrons. The molecule has 1 aliphatic rings. The number of nitrogens with one attached hydrogen (secondary N) is 1. The van der Waals surface area contributed by atoms with Crippen molar-refractivity contribution in [1.29, 1.82) is 0 Å². The van der Waals surface area contributed by atoms with Crippen molar-refractivity contribution in [2.24, 2.45) is 0 Å². The second kappa shape index (κ2) is 9.99. The van der Waals surface area contributed by atoms with Crippen LogP contribution >= 0.6 is 39.1 Å². The van der Waals surface area contributed by atoms with Crippen LogP contribution in [0.4, 0.5) is 0 Å². The fourth-order valence-corrected chi connectivity index (χ4v) is 4.00. The van der Waals surface area contributed by atoms with Crippen LogP contribution in [0.3, 0.4) is 0 Å². The van der Waals surface area contributed by atoms with Crippen LogP contribution < -0.4 is 14.8 Å². The van der Waals surface area contributed by atoms with Crippen LogP contribution in [-0.2, 0) is 17.9 Å². The van der Waals surface area contributed by atoms with Crippen molar-refractivity contribution in [2.75, 3.05) is 20.3 Å². The highest BCUT2D eigenvalue weighted by Gasteiger charge is 2.18. The molecule has 0 bridgehead atoms. The van der Waals surface area contributed by atoms with Gasteiger partial charge in [-0.05, 0) is 37.1 Å². The summed E-state index contributed by atoms with van der Waals surface area (Å²) in [5, 5.41) is 4.61. The van der Waals surface area contributed by atoms with Crippen molar-refractivity contribution < 1.29 is 14.2 Å². The van der Waals surface area contributed by atoms with Gasteiger partial charge in [0.25, 0.3) is 0 Å². The lowest BCUT2D eigenvalue weighted by Gasteiger charge is -2.18. The first-order valence-corrected chi connectivity index (χ1v) is 10.4. The quantitative estimate of drug-likeness (QED) is 0.539. The minimum atomic E-state index is 0.254. The Labute approximate surface area is 178 Å². The van der Waals surface area contributed by atoms with E-state index < -0.39 is 0 Å². The summed E-state index contributed by atoms with van der Waals surface area (Å²) in [6.07, 6.45) is 2.50. The monoisotopic (exact) mass is 473 g/mol. The number of ether oxygens (including phenoxy) is 3. The first-order chi connectivity index (χ1) is 13.1. The van der Waals surface area contributed by atoms with Gasteiger partial charge in [-0.3, -0.25) is 0 Å². The molecule has 0 aromatic heterocycles. The standard InChI is InChI=1S/C20H22BrCl2NO3/c1-25-19-8-7-16(21)14(11-24-10-13-4-3-9-26-13)20(19)27-12-15-17(22)5-2-6-18(15)23/h2,5-8,13,24H,3-4,9-12H2,1H3. The van der Waals surface area contributed by atoms with Gasteiger partial charge in [0.1, 0.15) is 6.61 Å². The Morgan fingerprint density at radius 1 is 1.19 bits per heavy atom. The molecule has 1 unspecified atom stereocenters. The van der Waals surface area contributed by atoms with Gasteiger partial charge in [0.05, 0.1) is 13.2 Å². The van der Waals surface area contributed by atoms with E-state index in [9.17, 15) is 0 Å². The molecule has 146 valence electrons. The van der Waals surface area contributed by atoms with Crippen LogP contribution in [-0.4, -0.2) is 26.4 Å². The molecule has 2 aromatic carbocycles.